The number of fused-ring (bicyclic) bond motifs is 3. The Morgan fingerprint density at radius 3 is 2.06 bits per heavy atom. The lowest BCUT2D eigenvalue weighted by atomic mass is 9.69. The molecular weight excluding hydrogens is 652 g/mol. The number of imide groups is 2. The summed E-state index contributed by atoms with van der Waals surface area (Å²) in [5.41, 5.74) is 9.33. The molecule has 4 aromatic carbocycles. The first-order valence-electron chi connectivity index (χ1n) is 18.6. The highest BCUT2D eigenvalue weighted by molar-refractivity contribution is 6.23. The molecule has 3 atom stereocenters. The van der Waals surface area contributed by atoms with Gasteiger partial charge in [-0.3, -0.25) is 34.3 Å². The van der Waals surface area contributed by atoms with Crippen molar-refractivity contribution in [2.75, 3.05) is 24.5 Å². The molecule has 9 heteroatoms. The zero-order valence-corrected chi connectivity index (χ0v) is 29.1. The molecule has 4 aliphatic heterocycles. The number of amides is 4. The van der Waals surface area contributed by atoms with Crippen molar-refractivity contribution in [2.24, 2.45) is 5.92 Å². The van der Waals surface area contributed by atoms with Crippen molar-refractivity contribution in [1.82, 2.24) is 15.1 Å². The highest BCUT2D eigenvalue weighted by Gasteiger charge is 2.45. The fourth-order valence-corrected chi connectivity index (χ4v) is 9.48. The van der Waals surface area contributed by atoms with Crippen molar-refractivity contribution in [2.45, 2.75) is 69.5 Å². The molecule has 264 valence electrons. The molecule has 9 rings (SSSR count). The molecule has 0 radical (unpaired) electrons. The molecule has 0 aromatic heterocycles. The topological polar surface area (TPSA) is 110 Å². The number of hydrogen-bond donors (Lipinski definition) is 2. The van der Waals surface area contributed by atoms with Crippen LogP contribution in [-0.4, -0.2) is 64.2 Å². The van der Waals surface area contributed by atoms with Gasteiger partial charge in [0, 0.05) is 50.7 Å². The second-order valence-electron chi connectivity index (χ2n) is 15.2. The van der Waals surface area contributed by atoms with Crippen LogP contribution in [0, 0.1) is 5.92 Å². The molecule has 2 fully saturated rings. The third-order valence-electron chi connectivity index (χ3n) is 12.1. The second-order valence-corrected chi connectivity index (χ2v) is 15.2. The Morgan fingerprint density at radius 2 is 1.38 bits per heavy atom. The van der Waals surface area contributed by atoms with Gasteiger partial charge in [0.15, 0.2) is 0 Å². The Balaban J connectivity index is 0.833. The average molecular weight is 695 g/mol. The van der Waals surface area contributed by atoms with E-state index in [-0.39, 0.29) is 24.7 Å². The molecule has 4 heterocycles. The fourth-order valence-electron chi connectivity index (χ4n) is 9.48. The Bertz CT molecular complexity index is 2040. The van der Waals surface area contributed by atoms with Crippen molar-refractivity contribution in [3.05, 3.63) is 129 Å². The largest absolute Gasteiger partial charge is 0.508 e. The van der Waals surface area contributed by atoms with Gasteiger partial charge in [0.2, 0.25) is 11.8 Å². The van der Waals surface area contributed by atoms with Gasteiger partial charge in [-0.2, -0.15) is 0 Å². The average Bonchev–Trinajstić information content (AvgIpc) is 3.66. The van der Waals surface area contributed by atoms with Gasteiger partial charge >= 0.3 is 0 Å². The third kappa shape index (κ3) is 5.77. The van der Waals surface area contributed by atoms with E-state index >= 15 is 0 Å². The van der Waals surface area contributed by atoms with Crippen LogP contribution >= 0.6 is 0 Å². The van der Waals surface area contributed by atoms with E-state index in [2.05, 4.69) is 75.8 Å². The van der Waals surface area contributed by atoms with Crippen molar-refractivity contribution in [3.63, 3.8) is 0 Å². The Morgan fingerprint density at radius 1 is 0.692 bits per heavy atom. The van der Waals surface area contributed by atoms with E-state index < -0.39 is 23.8 Å². The number of phenolic OH excluding ortho intramolecular Hbond substituents is 1. The zero-order valence-electron chi connectivity index (χ0n) is 29.1. The maximum Gasteiger partial charge on any atom is 0.262 e. The molecule has 9 nitrogen and oxygen atoms in total. The van der Waals surface area contributed by atoms with E-state index in [0.29, 0.717) is 28.7 Å². The van der Waals surface area contributed by atoms with E-state index in [1.807, 2.05) is 24.3 Å². The van der Waals surface area contributed by atoms with Crippen molar-refractivity contribution < 1.29 is 24.3 Å². The van der Waals surface area contributed by atoms with E-state index in [1.165, 1.54) is 27.9 Å². The number of benzene rings is 4. The lowest BCUT2D eigenvalue weighted by Gasteiger charge is -2.36. The minimum Gasteiger partial charge on any atom is -0.508 e. The first kappa shape index (κ1) is 32.6. The molecule has 2 saturated heterocycles. The smallest absolute Gasteiger partial charge is 0.262 e. The van der Waals surface area contributed by atoms with E-state index in [9.17, 15) is 24.3 Å². The summed E-state index contributed by atoms with van der Waals surface area (Å²) in [6.45, 7) is 4.43. The number of piperidine rings is 2. The predicted molar refractivity (Wildman–Crippen MR) is 196 cm³/mol. The monoisotopic (exact) mass is 694 g/mol. The molecule has 5 aliphatic rings. The van der Waals surface area contributed by atoms with Crippen LogP contribution in [0.4, 0.5) is 5.69 Å². The molecule has 4 amide bonds. The summed E-state index contributed by atoms with van der Waals surface area (Å²) in [4.78, 5) is 56.7. The first-order valence-corrected chi connectivity index (χ1v) is 18.6. The summed E-state index contributed by atoms with van der Waals surface area (Å²) in [6, 6.07) is 28.6. The van der Waals surface area contributed by atoms with Gasteiger partial charge in [-0.15, -0.1) is 0 Å². The minimum absolute atomic E-state index is 0.110. The number of rotatable bonds is 6. The maximum atomic E-state index is 13.3. The zero-order chi connectivity index (χ0) is 35.5. The summed E-state index contributed by atoms with van der Waals surface area (Å²) in [5, 5.41) is 12.5. The summed E-state index contributed by atoms with van der Waals surface area (Å²) < 4.78 is 0. The van der Waals surface area contributed by atoms with Gasteiger partial charge in [-0.05, 0) is 114 Å². The van der Waals surface area contributed by atoms with Crippen molar-refractivity contribution >= 4 is 29.3 Å². The Labute approximate surface area is 303 Å². The fraction of sp³-hybridized carbons (Fsp3) is 0.349. The molecule has 0 spiro atoms. The Kier molecular flexibility index (Phi) is 8.18. The summed E-state index contributed by atoms with van der Waals surface area (Å²) >= 11 is 0. The molecule has 1 aliphatic carbocycles. The van der Waals surface area contributed by atoms with Crippen molar-refractivity contribution in [1.29, 1.82) is 0 Å². The lowest BCUT2D eigenvalue weighted by Crippen LogP contribution is -2.54. The highest BCUT2D eigenvalue weighted by atomic mass is 16.3. The predicted octanol–water partition coefficient (Wildman–Crippen LogP) is 5.89. The number of carbonyl (C=O) groups excluding carboxylic acids is 4. The van der Waals surface area contributed by atoms with Crippen LogP contribution in [0.15, 0.2) is 84.9 Å². The van der Waals surface area contributed by atoms with Gasteiger partial charge in [0.1, 0.15) is 11.8 Å². The quantitative estimate of drug-likeness (QED) is 0.243. The molecule has 4 aromatic rings. The van der Waals surface area contributed by atoms with Crippen LogP contribution in [0.5, 0.6) is 5.75 Å². The van der Waals surface area contributed by atoms with Crippen LogP contribution in [0.2, 0.25) is 0 Å². The SMILES string of the molecule is O=C1CCC(N2C(=O)c3cc4c(cc3C2=O)CN(CC2CCN(c3ccc(C5c6ccc(O)cc6CCC5c5ccccc5)cc3)CC2)C4)C(=O)N1. The minimum atomic E-state index is -0.946. The molecule has 0 saturated carbocycles. The molecule has 3 unspecified atom stereocenters. The maximum absolute atomic E-state index is 13.3. The standard InChI is InChI=1S/C43H42N4O5/c48-33-11-13-35-29(20-33)8-12-34(27-4-2-1-3-5-27)40(35)28-6-9-32(10-7-28)46-18-16-26(17-19-46)23-45-24-30-21-36-37(22-31(30)25-45)43(52)47(42(36)51)38-14-15-39(49)44-41(38)50/h1-7,9-11,13,20-22,26,34,38,40,48H,8,12,14-19,23-25H2,(H,44,49,50). The molecule has 52 heavy (non-hydrogen) atoms. The van der Waals surface area contributed by atoms with E-state index in [1.54, 1.807) is 0 Å². The molecular formula is C43H42N4O5. The van der Waals surface area contributed by atoms with E-state index in [4.69, 9.17) is 0 Å². The first-order chi connectivity index (χ1) is 25.3. The number of nitrogens with zero attached hydrogens (tertiary/aromatic N) is 3. The number of phenols is 1. The van der Waals surface area contributed by atoms with Crippen LogP contribution < -0.4 is 10.2 Å². The van der Waals surface area contributed by atoms with Crippen LogP contribution in [0.1, 0.15) is 98.0 Å². The van der Waals surface area contributed by atoms with Crippen molar-refractivity contribution in [3.8, 4) is 5.75 Å². The summed E-state index contributed by atoms with van der Waals surface area (Å²) in [7, 11) is 0. The van der Waals surface area contributed by atoms with Crippen LogP contribution in [0.25, 0.3) is 0 Å². The number of carbonyl (C=O) groups is 4. The van der Waals surface area contributed by atoms with Gasteiger partial charge < -0.3 is 10.0 Å². The summed E-state index contributed by atoms with van der Waals surface area (Å²) in [6.07, 6.45) is 4.47. The normalized spacial score (nSPS) is 23.4. The van der Waals surface area contributed by atoms with Crippen LogP contribution in [-0.2, 0) is 29.1 Å². The van der Waals surface area contributed by atoms with Crippen LogP contribution in [0.3, 0.4) is 0 Å². The number of anilines is 1. The molecule has 0 bridgehead atoms. The van der Waals surface area contributed by atoms with Gasteiger partial charge in [-0.1, -0.05) is 48.5 Å². The van der Waals surface area contributed by atoms with Gasteiger partial charge in [0.05, 0.1) is 11.1 Å². The summed E-state index contributed by atoms with van der Waals surface area (Å²) in [5.74, 6) is -0.350. The number of aromatic hydroxyl groups is 1. The second kappa shape index (κ2) is 13.0. The number of nitrogens with one attached hydrogen (secondary N) is 1. The molecule has 2 N–H and O–H groups in total. The van der Waals surface area contributed by atoms with Gasteiger partial charge in [0.25, 0.3) is 11.8 Å². The number of aryl methyl sites for hydroxylation is 1. The third-order valence-corrected chi connectivity index (χ3v) is 12.1. The highest BCUT2D eigenvalue weighted by Crippen LogP contribution is 2.47. The van der Waals surface area contributed by atoms with E-state index in [0.717, 1.165) is 74.4 Å². The lowest BCUT2D eigenvalue weighted by molar-refractivity contribution is -0.136. The number of hydrogen-bond acceptors (Lipinski definition) is 7. The van der Waals surface area contributed by atoms with Gasteiger partial charge in [-0.25, -0.2) is 0 Å². The Hall–Kier alpha value is -5.28.